The average Bonchev–Trinajstić information content (AvgIpc) is 2.96. The van der Waals surface area contributed by atoms with Crippen molar-refractivity contribution in [2.45, 2.75) is 17.0 Å². The number of aromatic nitrogens is 3. The van der Waals surface area contributed by atoms with Crippen molar-refractivity contribution in [2.24, 2.45) is 0 Å². The second-order valence-electron chi connectivity index (χ2n) is 4.55. The molecule has 1 aliphatic heterocycles. The minimum absolute atomic E-state index is 0.406. The molecule has 0 bridgehead atoms. The van der Waals surface area contributed by atoms with Gasteiger partial charge in [-0.05, 0) is 30.3 Å². The molecule has 0 aliphatic carbocycles. The Bertz CT molecular complexity index is 754. The standard InChI is InChI=1S/C14H11ClN3S/c15-9-4-5-12-11(7-9)17-14-18(12)8-13(19-14)10-3-1-2-6-16-10/h1-7,13,19H,8H2. The minimum atomic E-state index is 0.406. The van der Waals surface area contributed by atoms with Crippen LogP contribution in [0.2, 0.25) is 5.02 Å². The van der Waals surface area contributed by atoms with E-state index in [-0.39, 0.29) is 0 Å². The molecule has 1 unspecified atom stereocenters. The maximum absolute atomic E-state index is 6.00. The highest BCUT2D eigenvalue weighted by Gasteiger charge is 2.26. The smallest absolute Gasteiger partial charge is 0.157 e. The number of nitrogens with zero attached hydrogens (tertiary/aromatic N) is 3. The van der Waals surface area contributed by atoms with Gasteiger partial charge in [-0.15, -0.1) is 11.8 Å². The van der Waals surface area contributed by atoms with Gasteiger partial charge in [-0.3, -0.25) is 4.98 Å². The van der Waals surface area contributed by atoms with Crippen LogP contribution in [0.25, 0.3) is 11.0 Å². The van der Waals surface area contributed by atoms with E-state index in [0.29, 0.717) is 5.25 Å². The predicted octanol–water partition coefficient (Wildman–Crippen LogP) is 3.66. The van der Waals surface area contributed by atoms with Gasteiger partial charge in [0.2, 0.25) is 0 Å². The number of benzene rings is 1. The summed E-state index contributed by atoms with van der Waals surface area (Å²) in [6.45, 7) is 0.937. The molecule has 3 aromatic rings. The van der Waals surface area contributed by atoms with Crippen LogP contribution in [0.15, 0.2) is 47.8 Å². The molecule has 0 spiro atoms. The average molecular weight is 289 g/mol. The molecule has 0 fully saturated rings. The fourth-order valence-corrected chi connectivity index (χ4v) is 3.92. The molecule has 2 aromatic heterocycles. The number of halogens is 1. The number of hydrogen-bond donors (Lipinski definition) is 1. The van der Waals surface area contributed by atoms with Gasteiger partial charge in [0.1, 0.15) is 0 Å². The highest BCUT2D eigenvalue weighted by molar-refractivity contribution is 7.99. The lowest BCUT2D eigenvalue weighted by Crippen LogP contribution is -2.00. The SMILES string of the molecule is Clc1ccc2c(c1)nc1n2CC(c2ccccn2)[SH]1. The van der Waals surface area contributed by atoms with Gasteiger partial charge in [0, 0.05) is 17.8 Å². The lowest BCUT2D eigenvalue weighted by atomic mass is 10.2. The Labute approximate surface area is 119 Å². The second kappa shape index (κ2) is 4.25. The van der Waals surface area contributed by atoms with E-state index in [1.807, 2.05) is 36.5 Å². The van der Waals surface area contributed by atoms with Crippen LogP contribution < -0.4 is 0 Å². The van der Waals surface area contributed by atoms with Gasteiger partial charge in [0.25, 0.3) is 0 Å². The minimum Gasteiger partial charge on any atom is -0.318 e. The third-order valence-electron chi connectivity index (χ3n) is 3.35. The predicted molar refractivity (Wildman–Crippen MR) is 79.0 cm³/mol. The zero-order valence-corrected chi connectivity index (χ0v) is 11.6. The molecule has 3 nitrogen and oxygen atoms in total. The van der Waals surface area contributed by atoms with Crippen molar-refractivity contribution in [3.8, 4) is 0 Å². The Morgan fingerprint density at radius 2 is 2.21 bits per heavy atom. The zero-order chi connectivity index (χ0) is 12.8. The largest absolute Gasteiger partial charge is 0.318 e. The van der Waals surface area contributed by atoms with E-state index in [1.165, 1.54) is 11.8 Å². The van der Waals surface area contributed by atoms with Gasteiger partial charge in [0.15, 0.2) is 5.16 Å². The third-order valence-corrected chi connectivity index (χ3v) is 4.89. The van der Waals surface area contributed by atoms with Gasteiger partial charge in [-0.2, -0.15) is 0 Å². The van der Waals surface area contributed by atoms with Crippen molar-refractivity contribution in [1.29, 1.82) is 0 Å². The van der Waals surface area contributed by atoms with Crippen LogP contribution in [0.4, 0.5) is 0 Å². The summed E-state index contributed by atoms with van der Waals surface area (Å²) >= 11 is 7.23. The number of imidazole rings is 1. The van der Waals surface area contributed by atoms with Gasteiger partial charge < -0.3 is 4.57 Å². The maximum atomic E-state index is 6.00. The number of fused-ring (bicyclic) bond motifs is 3. The number of rotatable bonds is 1. The van der Waals surface area contributed by atoms with Crippen LogP contribution in [-0.4, -0.2) is 14.5 Å². The molecule has 19 heavy (non-hydrogen) atoms. The van der Waals surface area contributed by atoms with Crippen molar-refractivity contribution in [3.63, 3.8) is 0 Å². The highest BCUT2D eigenvalue weighted by Crippen LogP contribution is 2.43. The van der Waals surface area contributed by atoms with Crippen molar-refractivity contribution < 1.29 is 0 Å². The summed E-state index contributed by atoms with van der Waals surface area (Å²) in [6.07, 6.45) is 1.85. The number of thiol groups is 1. The second-order valence-corrected chi connectivity index (χ2v) is 6.27. The van der Waals surface area contributed by atoms with Gasteiger partial charge in [-0.1, -0.05) is 17.7 Å². The molecule has 5 heteroatoms. The Morgan fingerprint density at radius 1 is 1.26 bits per heavy atom. The first kappa shape index (κ1) is 11.3. The van der Waals surface area contributed by atoms with Crippen molar-refractivity contribution >= 4 is 34.4 Å². The normalized spacial score (nSPS) is 17.8. The summed E-state index contributed by atoms with van der Waals surface area (Å²) in [7, 11) is 0. The first-order valence-corrected chi connectivity index (χ1v) is 7.43. The quantitative estimate of drug-likeness (QED) is 0.693. The number of pyridine rings is 1. The van der Waals surface area contributed by atoms with Crippen LogP contribution in [0.1, 0.15) is 10.9 Å². The molecular formula is C14H11ClN3S. The summed E-state index contributed by atoms with van der Waals surface area (Å²) < 4.78 is 2.27. The molecule has 95 valence electrons. The van der Waals surface area contributed by atoms with E-state index >= 15 is 0 Å². The van der Waals surface area contributed by atoms with Crippen LogP contribution in [0.3, 0.4) is 0 Å². The Kier molecular flexibility index (Phi) is 2.53. The van der Waals surface area contributed by atoms with Crippen LogP contribution in [0.5, 0.6) is 0 Å². The molecule has 0 N–H and O–H groups in total. The number of hydrogen-bond acceptors (Lipinski definition) is 2. The Morgan fingerprint density at radius 3 is 3.05 bits per heavy atom. The van der Waals surface area contributed by atoms with Gasteiger partial charge in [0.05, 0.1) is 22.0 Å². The summed E-state index contributed by atoms with van der Waals surface area (Å²) in [6, 6.07) is 12.0. The van der Waals surface area contributed by atoms with Gasteiger partial charge in [-0.25, -0.2) is 4.98 Å². The molecule has 3 heterocycles. The van der Waals surface area contributed by atoms with Crippen LogP contribution >= 0.6 is 23.4 Å². The molecule has 1 atom stereocenters. The topological polar surface area (TPSA) is 30.7 Å². The summed E-state index contributed by atoms with van der Waals surface area (Å²) in [5.74, 6) is 0. The molecule has 1 aliphatic rings. The van der Waals surface area contributed by atoms with Crippen LogP contribution in [-0.2, 0) is 6.54 Å². The fourth-order valence-electron chi connectivity index (χ4n) is 2.45. The third kappa shape index (κ3) is 1.83. The summed E-state index contributed by atoms with van der Waals surface area (Å²) in [4.78, 5) is 9.12. The van der Waals surface area contributed by atoms with E-state index in [9.17, 15) is 0 Å². The first-order valence-electron chi connectivity index (χ1n) is 6.09. The summed E-state index contributed by atoms with van der Waals surface area (Å²) in [5.41, 5.74) is 3.27. The molecule has 4 rings (SSSR count). The molecular weight excluding hydrogens is 278 g/mol. The Hall–Kier alpha value is -1.52. The van der Waals surface area contributed by atoms with Crippen molar-refractivity contribution in [3.05, 3.63) is 53.3 Å². The van der Waals surface area contributed by atoms with Gasteiger partial charge >= 0.3 is 0 Å². The molecule has 0 saturated carbocycles. The molecule has 0 amide bonds. The molecule has 0 saturated heterocycles. The molecule has 1 radical (unpaired) electrons. The lowest BCUT2D eigenvalue weighted by molar-refractivity contribution is 0.674. The van der Waals surface area contributed by atoms with Crippen LogP contribution in [0, 0.1) is 0 Å². The van der Waals surface area contributed by atoms with E-state index in [4.69, 9.17) is 11.6 Å². The Balaban J connectivity index is 1.75. The first-order chi connectivity index (χ1) is 9.31. The van der Waals surface area contributed by atoms with E-state index < -0.39 is 0 Å². The fraction of sp³-hybridized carbons (Fsp3) is 0.143. The maximum Gasteiger partial charge on any atom is 0.157 e. The van der Waals surface area contributed by atoms with Crippen molar-refractivity contribution in [2.75, 3.05) is 0 Å². The van der Waals surface area contributed by atoms with E-state index in [0.717, 1.165) is 33.5 Å². The van der Waals surface area contributed by atoms with E-state index in [1.54, 1.807) is 0 Å². The molecule has 1 aromatic carbocycles. The van der Waals surface area contributed by atoms with E-state index in [2.05, 4.69) is 20.6 Å². The van der Waals surface area contributed by atoms with Crippen molar-refractivity contribution in [1.82, 2.24) is 14.5 Å². The monoisotopic (exact) mass is 288 g/mol. The zero-order valence-electron chi connectivity index (χ0n) is 9.99. The summed E-state index contributed by atoms with van der Waals surface area (Å²) in [5, 5.41) is 2.25. The lowest BCUT2D eigenvalue weighted by Gasteiger charge is -2.08. The highest BCUT2D eigenvalue weighted by atomic mass is 35.5.